The van der Waals surface area contributed by atoms with Crippen molar-refractivity contribution in [1.82, 2.24) is 0 Å². The second kappa shape index (κ2) is 7.20. The molecule has 0 radical (unpaired) electrons. The Hall–Kier alpha value is -2.17. The smallest absolute Gasteiger partial charge is 0.308 e. The minimum absolute atomic E-state index is 0.0421. The zero-order valence-corrected chi connectivity index (χ0v) is 14.0. The molecule has 5 nitrogen and oxygen atoms in total. The molecule has 1 aromatic carbocycles. The van der Waals surface area contributed by atoms with E-state index in [4.69, 9.17) is 9.47 Å². The molecule has 0 aromatic heterocycles. The van der Waals surface area contributed by atoms with Crippen LogP contribution in [0.25, 0.3) is 0 Å². The highest BCUT2D eigenvalue weighted by molar-refractivity contribution is 5.77. The number of hydrogen-bond donors (Lipinski definition) is 0. The summed E-state index contributed by atoms with van der Waals surface area (Å²) in [7, 11) is 0. The highest BCUT2D eigenvalue weighted by Gasteiger charge is 2.21. The maximum atomic E-state index is 11.4. The molecule has 0 unspecified atom stereocenters. The Labute approximate surface area is 130 Å². The van der Waals surface area contributed by atoms with Gasteiger partial charge in [-0.15, -0.1) is 0 Å². The average Bonchev–Trinajstić information content (AvgIpc) is 2.39. The molecule has 0 amide bonds. The molecule has 22 heavy (non-hydrogen) atoms. The van der Waals surface area contributed by atoms with E-state index in [9.17, 15) is 14.4 Å². The molecule has 0 aliphatic rings. The molecule has 0 saturated carbocycles. The normalized spacial score (nSPS) is 10.3. The molecule has 0 N–H and O–H groups in total. The van der Waals surface area contributed by atoms with Crippen LogP contribution in [0.5, 0.6) is 11.5 Å². The van der Waals surface area contributed by atoms with Gasteiger partial charge in [-0.1, -0.05) is 0 Å². The second-order valence-corrected chi connectivity index (χ2v) is 5.40. The topological polar surface area (TPSA) is 69.7 Å². The molecule has 0 aliphatic carbocycles. The van der Waals surface area contributed by atoms with Gasteiger partial charge in [0.25, 0.3) is 0 Å². The summed E-state index contributed by atoms with van der Waals surface area (Å²) in [5, 5.41) is 0. The van der Waals surface area contributed by atoms with Crippen LogP contribution in [0.3, 0.4) is 0 Å². The molecule has 0 saturated heterocycles. The molecule has 0 aliphatic heterocycles. The number of esters is 2. The first kappa shape index (κ1) is 17.9. The number of Topliss-reactive ketones (excluding diaryl/α,β-unsaturated/α-hetero) is 1. The van der Waals surface area contributed by atoms with Crippen molar-refractivity contribution in [2.75, 3.05) is 0 Å². The second-order valence-electron chi connectivity index (χ2n) is 5.40. The summed E-state index contributed by atoms with van der Waals surface area (Å²) in [4.78, 5) is 34.0. The Bertz CT molecular complexity index is 629. The molecule has 1 aromatic rings. The number of rotatable bonds is 5. The van der Waals surface area contributed by atoms with E-state index in [1.54, 1.807) is 13.8 Å². The molecule has 120 valence electrons. The summed E-state index contributed by atoms with van der Waals surface area (Å²) in [6, 6.07) is 0. The molecule has 1 rings (SSSR count). The van der Waals surface area contributed by atoms with Crippen molar-refractivity contribution in [1.29, 1.82) is 0 Å². The van der Waals surface area contributed by atoms with Crippen molar-refractivity contribution in [2.45, 2.75) is 54.4 Å². The molecular formula is C17H22O5. The predicted molar refractivity (Wildman–Crippen MR) is 82.3 cm³/mol. The van der Waals surface area contributed by atoms with Crippen LogP contribution in [-0.4, -0.2) is 17.7 Å². The van der Waals surface area contributed by atoms with Crippen molar-refractivity contribution >= 4 is 17.7 Å². The fourth-order valence-electron chi connectivity index (χ4n) is 2.34. The van der Waals surface area contributed by atoms with Crippen LogP contribution in [0, 0.1) is 20.8 Å². The summed E-state index contributed by atoms with van der Waals surface area (Å²) in [6.07, 6.45) is 0.760. The molecular weight excluding hydrogens is 284 g/mol. The maximum Gasteiger partial charge on any atom is 0.308 e. The van der Waals surface area contributed by atoms with E-state index in [1.807, 2.05) is 6.92 Å². The summed E-state index contributed by atoms with van der Waals surface area (Å²) in [5.41, 5.74) is 2.92. The van der Waals surface area contributed by atoms with Gasteiger partial charge in [-0.05, 0) is 50.8 Å². The van der Waals surface area contributed by atoms with Crippen LogP contribution in [0.2, 0.25) is 0 Å². The van der Waals surface area contributed by atoms with Gasteiger partial charge in [-0.25, -0.2) is 0 Å². The van der Waals surface area contributed by atoms with Crippen LogP contribution in [0.4, 0.5) is 0 Å². The van der Waals surface area contributed by atoms with Crippen LogP contribution in [0.15, 0.2) is 0 Å². The lowest BCUT2D eigenvalue weighted by Crippen LogP contribution is -2.12. The summed E-state index contributed by atoms with van der Waals surface area (Å²) >= 11 is 0. The van der Waals surface area contributed by atoms with E-state index in [0.717, 1.165) is 22.3 Å². The van der Waals surface area contributed by atoms with Gasteiger partial charge in [-0.3, -0.25) is 9.59 Å². The van der Waals surface area contributed by atoms with Gasteiger partial charge in [0.2, 0.25) is 0 Å². The number of ketones is 1. The molecule has 5 heteroatoms. The number of benzene rings is 1. The Morgan fingerprint density at radius 1 is 0.773 bits per heavy atom. The van der Waals surface area contributed by atoms with Gasteiger partial charge in [0.15, 0.2) is 0 Å². The van der Waals surface area contributed by atoms with Crippen LogP contribution in [0.1, 0.15) is 49.4 Å². The summed E-state index contributed by atoms with van der Waals surface area (Å²) < 4.78 is 10.6. The number of hydrogen-bond acceptors (Lipinski definition) is 5. The lowest BCUT2D eigenvalue weighted by atomic mass is 9.94. The zero-order valence-electron chi connectivity index (χ0n) is 14.0. The Balaban J connectivity index is 3.50. The van der Waals surface area contributed by atoms with Gasteiger partial charge in [0, 0.05) is 25.8 Å². The first-order chi connectivity index (χ1) is 10.1. The molecule has 0 heterocycles. The van der Waals surface area contributed by atoms with E-state index in [-0.39, 0.29) is 5.78 Å². The van der Waals surface area contributed by atoms with E-state index in [0.29, 0.717) is 24.3 Å². The SMILES string of the molecule is CC(=O)CCc1c(C)c(OC(C)=O)c(C)c(C)c1OC(C)=O. The number of ether oxygens (including phenoxy) is 2. The Morgan fingerprint density at radius 3 is 1.68 bits per heavy atom. The highest BCUT2D eigenvalue weighted by Crippen LogP contribution is 2.38. The maximum absolute atomic E-state index is 11.4. The minimum Gasteiger partial charge on any atom is -0.426 e. The van der Waals surface area contributed by atoms with E-state index < -0.39 is 11.9 Å². The fourth-order valence-corrected chi connectivity index (χ4v) is 2.34. The first-order valence-corrected chi connectivity index (χ1v) is 7.14. The van der Waals surface area contributed by atoms with Gasteiger partial charge in [0.05, 0.1) is 0 Å². The quantitative estimate of drug-likeness (QED) is 0.618. The van der Waals surface area contributed by atoms with Crippen LogP contribution < -0.4 is 9.47 Å². The lowest BCUT2D eigenvalue weighted by molar-refractivity contribution is -0.133. The molecule has 0 spiro atoms. The van der Waals surface area contributed by atoms with Crippen molar-refractivity contribution < 1.29 is 23.9 Å². The van der Waals surface area contributed by atoms with E-state index in [1.165, 1.54) is 20.8 Å². The van der Waals surface area contributed by atoms with Crippen LogP contribution in [-0.2, 0) is 20.8 Å². The monoisotopic (exact) mass is 306 g/mol. The third-order valence-corrected chi connectivity index (χ3v) is 3.53. The summed E-state index contributed by atoms with van der Waals surface area (Å²) in [6.45, 7) is 9.59. The third-order valence-electron chi connectivity index (χ3n) is 3.53. The summed E-state index contributed by atoms with van der Waals surface area (Å²) in [5.74, 6) is 0.133. The largest absolute Gasteiger partial charge is 0.426 e. The van der Waals surface area contributed by atoms with Gasteiger partial charge in [-0.2, -0.15) is 0 Å². The van der Waals surface area contributed by atoms with Crippen molar-refractivity contribution in [2.24, 2.45) is 0 Å². The van der Waals surface area contributed by atoms with Crippen LogP contribution >= 0.6 is 0 Å². The number of carbonyl (C=O) groups excluding carboxylic acids is 3. The standard InChI is InChI=1S/C17H22O5/c1-9(18)7-8-15-12(4)16(21-13(5)19)10(2)11(3)17(15)22-14(6)20/h7-8H2,1-6H3. The average molecular weight is 306 g/mol. The van der Waals surface area contributed by atoms with E-state index >= 15 is 0 Å². The third kappa shape index (κ3) is 4.16. The van der Waals surface area contributed by atoms with Gasteiger partial charge in [0.1, 0.15) is 17.3 Å². The Kier molecular flexibility index (Phi) is 5.85. The first-order valence-electron chi connectivity index (χ1n) is 7.14. The van der Waals surface area contributed by atoms with Crippen molar-refractivity contribution in [3.05, 3.63) is 22.3 Å². The molecule has 0 fully saturated rings. The fraction of sp³-hybridized carbons (Fsp3) is 0.471. The van der Waals surface area contributed by atoms with Gasteiger partial charge < -0.3 is 14.3 Å². The molecule has 0 atom stereocenters. The minimum atomic E-state index is -0.425. The highest BCUT2D eigenvalue weighted by atomic mass is 16.5. The Morgan fingerprint density at radius 2 is 1.23 bits per heavy atom. The molecule has 0 bridgehead atoms. The van der Waals surface area contributed by atoms with Crippen molar-refractivity contribution in [3.63, 3.8) is 0 Å². The van der Waals surface area contributed by atoms with Gasteiger partial charge >= 0.3 is 11.9 Å². The lowest BCUT2D eigenvalue weighted by Gasteiger charge is -2.20. The zero-order chi connectivity index (χ0) is 17.0. The van der Waals surface area contributed by atoms with Crippen molar-refractivity contribution in [3.8, 4) is 11.5 Å². The van der Waals surface area contributed by atoms with E-state index in [2.05, 4.69) is 0 Å². The number of carbonyl (C=O) groups is 3. The predicted octanol–water partition coefficient (Wildman–Crippen LogP) is 2.98.